The van der Waals surface area contributed by atoms with Gasteiger partial charge in [0.15, 0.2) is 0 Å². The first-order valence-corrected chi connectivity index (χ1v) is 11.4. The van der Waals surface area contributed by atoms with Gasteiger partial charge in [-0.2, -0.15) is 0 Å². The van der Waals surface area contributed by atoms with Gasteiger partial charge in [0.05, 0.1) is 5.39 Å². The number of amides is 1. The average Bonchev–Trinajstić information content (AvgIpc) is 3.17. The number of aryl methyl sites for hydroxylation is 2. The molecule has 29 heavy (non-hydrogen) atoms. The van der Waals surface area contributed by atoms with E-state index in [1.807, 2.05) is 41.7 Å². The van der Waals surface area contributed by atoms with Crippen LogP contribution < -0.4 is 10.2 Å². The molecule has 3 heterocycles. The van der Waals surface area contributed by atoms with Gasteiger partial charge in [-0.05, 0) is 49.7 Å². The van der Waals surface area contributed by atoms with Crippen molar-refractivity contribution < 1.29 is 4.79 Å². The van der Waals surface area contributed by atoms with E-state index in [0.29, 0.717) is 6.54 Å². The SMILES string of the molecule is O=C(NCc1ccccc1)C1CCN(c2ncnc3sc4c(c23)CCCC4)CC1. The molecular weight excluding hydrogens is 380 g/mol. The number of benzene rings is 1. The zero-order chi connectivity index (χ0) is 19.6. The van der Waals surface area contributed by atoms with Gasteiger partial charge in [0.1, 0.15) is 17.0 Å². The van der Waals surface area contributed by atoms with Crippen LogP contribution in [0.3, 0.4) is 0 Å². The van der Waals surface area contributed by atoms with Crippen LogP contribution in [-0.2, 0) is 24.2 Å². The number of nitrogens with one attached hydrogen (secondary N) is 1. The van der Waals surface area contributed by atoms with E-state index in [1.54, 1.807) is 6.33 Å². The number of thiophene rings is 1. The van der Waals surface area contributed by atoms with Crippen LogP contribution in [0.15, 0.2) is 36.7 Å². The summed E-state index contributed by atoms with van der Waals surface area (Å²) in [5.41, 5.74) is 2.62. The number of piperidine rings is 1. The van der Waals surface area contributed by atoms with E-state index >= 15 is 0 Å². The van der Waals surface area contributed by atoms with Gasteiger partial charge in [-0.15, -0.1) is 11.3 Å². The molecule has 2 aliphatic rings. The van der Waals surface area contributed by atoms with Crippen molar-refractivity contribution in [1.29, 1.82) is 0 Å². The summed E-state index contributed by atoms with van der Waals surface area (Å²) in [4.78, 5) is 26.9. The molecule has 2 aromatic heterocycles. The van der Waals surface area contributed by atoms with Gasteiger partial charge in [0, 0.05) is 30.4 Å². The van der Waals surface area contributed by atoms with E-state index in [-0.39, 0.29) is 11.8 Å². The fourth-order valence-electron chi connectivity index (χ4n) is 4.60. The number of aromatic nitrogens is 2. The van der Waals surface area contributed by atoms with Gasteiger partial charge < -0.3 is 10.2 Å². The molecule has 5 rings (SSSR count). The summed E-state index contributed by atoms with van der Waals surface area (Å²) in [5, 5.41) is 4.39. The number of hydrogen-bond acceptors (Lipinski definition) is 5. The van der Waals surface area contributed by atoms with Crippen molar-refractivity contribution in [3.8, 4) is 0 Å². The molecule has 0 atom stereocenters. The molecule has 1 amide bonds. The molecule has 0 spiro atoms. The third-order valence-corrected chi connectivity index (χ3v) is 7.41. The number of rotatable bonds is 4. The first-order valence-electron chi connectivity index (χ1n) is 10.6. The molecule has 5 nitrogen and oxygen atoms in total. The lowest BCUT2D eigenvalue weighted by atomic mass is 9.94. The van der Waals surface area contributed by atoms with E-state index < -0.39 is 0 Å². The molecule has 0 radical (unpaired) electrons. The second-order valence-electron chi connectivity index (χ2n) is 8.05. The van der Waals surface area contributed by atoms with Crippen LogP contribution >= 0.6 is 11.3 Å². The van der Waals surface area contributed by atoms with E-state index in [4.69, 9.17) is 0 Å². The fourth-order valence-corrected chi connectivity index (χ4v) is 5.82. The van der Waals surface area contributed by atoms with Gasteiger partial charge in [0.25, 0.3) is 0 Å². The maximum Gasteiger partial charge on any atom is 0.223 e. The molecular formula is C23H26N4OS. The molecule has 1 fully saturated rings. The van der Waals surface area contributed by atoms with Crippen molar-refractivity contribution in [2.24, 2.45) is 5.92 Å². The zero-order valence-corrected chi connectivity index (χ0v) is 17.4. The second kappa shape index (κ2) is 8.11. The number of anilines is 1. The van der Waals surface area contributed by atoms with Gasteiger partial charge in [-0.25, -0.2) is 9.97 Å². The van der Waals surface area contributed by atoms with E-state index in [1.165, 1.54) is 35.1 Å². The monoisotopic (exact) mass is 406 g/mol. The quantitative estimate of drug-likeness (QED) is 0.709. The van der Waals surface area contributed by atoms with Crippen LogP contribution in [-0.4, -0.2) is 29.0 Å². The van der Waals surface area contributed by atoms with Crippen molar-refractivity contribution in [2.45, 2.75) is 45.1 Å². The fraction of sp³-hybridized carbons (Fsp3) is 0.435. The molecule has 1 N–H and O–H groups in total. The minimum Gasteiger partial charge on any atom is -0.356 e. The van der Waals surface area contributed by atoms with E-state index in [0.717, 1.165) is 48.6 Å². The van der Waals surface area contributed by atoms with Crippen LogP contribution in [0, 0.1) is 5.92 Å². The number of nitrogens with zero attached hydrogens (tertiary/aromatic N) is 3. The van der Waals surface area contributed by atoms with Crippen molar-refractivity contribution in [1.82, 2.24) is 15.3 Å². The summed E-state index contributed by atoms with van der Waals surface area (Å²) in [6, 6.07) is 10.1. The summed E-state index contributed by atoms with van der Waals surface area (Å²) in [6.07, 6.45) is 8.32. The molecule has 0 bridgehead atoms. The molecule has 150 valence electrons. The lowest BCUT2D eigenvalue weighted by Gasteiger charge is -2.32. The summed E-state index contributed by atoms with van der Waals surface area (Å²) in [7, 11) is 0. The molecule has 0 unspecified atom stereocenters. The molecule has 0 saturated carbocycles. The Bertz CT molecular complexity index is 1010. The standard InChI is InChI=1S/C23H26N4OS/c28-22(24-14-16-6-2-1-3-7-16)17-10-12-27(13-11-17)21-20-18-8-4-5-9-19(18)29-23(20)26-15-25-21/h1-3,6-7,15,17H,4-5,8-14H2,(H,24,28). The Balaban J connectivity index is 1.26. The maximum atomic E-state index is 12.6. The summed E-state index contributed by atoms with van der Waals surface area (Å²) in [6.45, 7) is 2.35. The second-order valence-corrected chi connectivity index (χ2v) is 9.14. The Kier molecular flexibility index (Phi) is 5.19. The first kappa shape index (κ1) is 18.6. The van der Waals surface area contributed by atoms with Crippen molar-refractivity contribution in [3.63, 3.8) is 0 Å². The van der Waals surface area contributed by atoms with E-state index in [9.17, 15) is 4.79 Å². The minimum atomic E-state index is 0.0867. The minimum absolute atomic E-state index is 0.0867. The predicted molar refractivity (Wildman–Crippen MR) is 117 cm³/mol. The normalized spacial score (nSPS) is 17.3. The van der Waals surface area contributed by atoms with Crippen molar-refractivity contribution in [2.75, 3.05) is 18.0 Å². The summed E-state index contributed by atoms with van der Waals surface area (Å²) >= 11 is 1.85. The van der Waals surface area contributed by atoms with Gasteiger partial charge in [-0.3, -0.25) is 4.79 Å². The number of fused-ring (bicyclic) bond motifs is 3. The highest BCUT2D eigenvalue weighted by Crippen LogP contribution is 2.40. The number of hydrogen-bond donors (Lipinski definition) is 1. The lowest BCUT2D eigenvalue weighted by Crippen LogP contribution is -2.40. The highest BCUT2D eigenvalue weighted by Gasteiger charge is 2.28. The van der Waals surface area contributed by atoms with Crippen LogP contribution in [0.4, 0.5) is 5.82 Å². The maximum absolute atomic E-state index is 12.6. The topological polar surface area (TPSA) is 58.1 Å². The molecule has 1 aliphatic heterocycles. The Morgan fingerprint density at radius 1 is 1.10 bits per heavy atom. The molecule has 1 saturated heterocycles. The van der Waals surface area contributed by atoms with Gasteiger partial charge in [0.2, 0.25) is 5.91 Å². The lowest BCUT2D eigenvalue weighted by molar-refractivity contribution is -0.125. The van der Waals surface area contributed by atoms with Crippen LogP contribution in [0.25, 0.3) is 10.2 Å². The summed E-state index contributed by atoms with van der Waals surface area (Å²) in [5.74, 6) is 1.34. The Morgan fingerprint density at radius 2 is 1.90 bits per heavy atom. The third kappa shape index (κ3) is 3.73. The van der Waals surface area contributed by atoms with Crippen molar-refractivity contribution in [3.05, 3.63) is 52.7 Å². The smallest absolute Gasteiger partial charge is 0.223 e. The van der Waals surface area contributed by atoms with E-state index in [2.05, 4.69) is 20.2 Å². The Labute approximate surface area is 175 Å². The van der Waals surface area contributed by atoms with Crippen molar-refractivity contribution >= 4 is 33.3 Å². The highest BCUT2D eigenvalue weighted by atomic mass is 32.1. The predicted octanol–water partition coefficient (Wildman–Crippen LogP) is 4.10. The Hall–Kier alpha value is -2.47. The molecule has 1 aliphatic carbocycles. The highest BCUT2D eigenvalue weighted by molar-refractivity contribution is 7.19. The number of carbonyl (C=O) groups excluding carboxylic acids is 1. The van der Waals surface area contributed by atoms with Gasteiger partial charge in [-0.1, -0.05) is 30.3 Å². The third-order valence-electron chi connectivity index (χ3n) is 6.21. The Morgan fingerprint density at radius 3 is 2.72 bits per heavy atom. The molecule has 6 heteroatoms. The van der Waals surface area contributed by atoms with Crippen LogP contribution in [0.5, 0.6) is 0 Å². The van der Waals surface area contributed by atoms with Crippen LogP contribution in [0.1, 0.15) is 41.7 Å². The largest absolute Gasteiger partial charge is 0.356 e. The molecule has 1 aromatic carbocycles. The first-order chi connectivity index (χ1) is 14.3. The zero-order valence-electron chi connectivity index (χ0n) is 16.6. The average molecular weight is 407 g/mol. The van der Waals surface area contributed by atoms with Gasteiger partial charge >= 0.3 is 0 Å². The number of carbonyl (C=O) groups is 1. The molecule has 3 aromatic rings. The summed E-state index contributed by atoms with van der Waals surface area (Å²) < 4.78 is 0. The van der Waals surface area contributed by atoms with Crippen LogP contribution in [0.2, 0.25) is 0 Å².